The molecule has 0 aliphatic carbocycles. The summed E-state index contributed by atoms with van der Waals surface area (Å²) in [5, 5.41) is 10.1. The molecule has 2 rings (SSSR count). The zero-order valence-electron chi connectivity index (χ0n) is 10.3. The first-order valence-corrected chi connectivity index (χ1v) is 6.04. The van der Waals surface area contributed by atoms with Crippen molar-refractivity contribution in [2.24, 2.45) is 0 Å². The average molecular weight is 236 g/mol. The monoisotopic (exact) mass is 236 g/mol. The van der Waals surface area contributed by atoms with Crippen molar-refractivity contribution < 1.29 is 4.74 Å². The van der Waals surface area contributed by atoms with E-state index in [0.29, 0.717) is 0 Å². The van der Waals surface area contributed by atoms with E-state index in [0.717, 1.165) is 56.4 Å². The maximum absolute atomic E-state index is 5.29. The van der Waals surface area contributed by atoms with Gasteiger partial charge in [-0.25, -0.2) is 0 Å². The van der Waals surface area contributed by atoms with E-state index in [1.807, 2.05) is 12.1 Å². The van der Waals surface area contributed by atoms with Crippen LogP contribution in [-0.2, 0) is 13.1 Å². The number of methoxy groups -OCH3 is 1. The summed E-state index contributed by atoms with van der Waals surface area (Å²) in [7, 11) is 1.69. The topological polar surface area (TPSA) is 58.2 Å². The smallest absolute Gasteiger partial charge is 0.122 e. The maximum atomic E-state index is 5.29. The summed E-state index contributed by atoms with van der Waals surface area (Å²) >= 11 is 0. The Morgan fingerprint density at radius 3 is 2.00 bits per heavy atom. The molecule has 1 aromatic rings. The van der Waals surface area contributed by atoms with E-state index in [1.165, 1.54) is 0 Å². The van der Waals surface area contributed by atoms with Crippen LogP contribution in [-0.4, -0.2) is 38.3 Å². The molecule has 5 nitrogen and oxygen atoms in total. The Bertz CT molecular complexity index is 328. The Labute approximate surface area is 102 Å². The van der Waals surface area contributed by atoms with Gasteiger partial charge in [-0.2, -0.15) is 0 Å². The van der Waals surface area contributed by atoms with E-state index in [1.54, 1.807) is 7.11 Å². The lowest BCUT2D eigenvalue weighted by Crippen LogP contribution is -2.33. The summed E-state index contributed by atoms with van der Waals surface area (Å²) in [4.78, 5) is 4.59. The van der Waals surface area contributed by atoms with Crippen molar-refractivity contribution in [2.45, 2.75) is 13.1 Å². The molecule has 5 heteroatoms. The quantitative estimate of drug-likeness (QED) is 0.634. The molecule has 2 bridgehead atoms. The van der Waals surface area contributed by atoms with Crippen molar-refractivity contribution in [3.63, 3.8) is 0 Å². The maximum Gasteiger partial charge on any atom is 0.122 e. The van der Waals surface area contributed by atoms with E-state index in [9.17, 15) is 0 Å². The number of hydrogen-bond acceptors (Lipinski definition) is 5. The predicted molar refractivity (Wildman–Crippen MR) is 67.1 cm³/mol. The number of hydrogen-bond donors (Lipinski definition) is 3. The molecule has 1 aliphatic rings. The van der Waals surface area contributed by atoms with Crippen molar-refractivity contribution in [3.05, 3.63) is 23.5 Å². The van der Waals surface area contributed by atoms with Gasteiger partial charge in [-0.3, -0.25) is 4.98 Å². The molecule has 0 atom stereocenters. The number of pyridine rings is 1. The largest absolute Gasteiger partial charge is 0.497 e. The number of ether oxygens (including phenoxy) is 1. The second kappa shape index (κ2) is 6.54. The van der Waals surface area contributed by atoms with Crippen LogP contribution in [0.1, 0.15) is 11.4 Å². The van der Waals surface area contributed by atoms with Crippen molar-refractivity contribution in [2.75, 3.05) is 33.3 Å². The van der Waals surface area contributed by atoms with Gasteiger partial charge in [0.25, 0.3) is 0 Å². The third kappa shape index (κ3) is 3.96. The second-order valence-corrected chi connectivity index (χ2v) is 4.09. The molecule has 17 heavy (non-hydrogen) atoms. The van der Waals surface area contributed by atoms with Crippen molar-refractivity contribution in [3.8, 4) is 5.75 Å². The first kappa shape index (κ1) is 12.3. The van der Waals surface area contributed by atoms with Gasteiger partial charge in [0.2, 0.25) is 0 Å². The van der Waals surface area contributed by atoms with Crippen LogP contribution in [0.4, 0.5) is 0 Å². The minimum atomic E-state index is 0.784. The van der Waals surface area contributed by atoms with Crippen LogP contribution < -0.4 is 20.7 Å². The predicted octanol–water partition coefficient (Wildman–Crippen LogP) is -0.127. The van der Waals surface area contributed by atoms with E-state index in [2.05, 4.69) is 20.9 Å². The molecule has 94 valence electrons. The van der Waals surface area contributed by atoms with Gasteiger partial charge < -0.3 is 20.7 Å². The summed E-state index contributed by atoms with van der Waals surface area (Å²) in [5.74, 6) is 0.879. The fraction of sp³-hybridized carbons (Fsp3) is 0.583. The first-order chi connectivity index (χ1) is 8.38. The first-order valence-electron chi connectivity index (χ1n) is 6.04. The Hall–Kier alpha value is -1.17. The van der Waals surface area contributed by atoms with Gasteiger partial charge in [-0.05, 0) is 0 Å². The standard InChI is InChI=1S/C12H20N4O/c1-17-12-6-10-8-14-4-2-13-3-5-15-9-11(7-12)16-10/h6-7,13-15H,2-5,8-9H2,1H3. The summed E-state index contributed by atoms with van der Waals surface area (Å²) < 4.78 is 5.29. The van der Waals surface area contributed by atoms with Gasteiger partial charge in [0.05, 0.1) is 18.5 Å². The molecular weight excluding hydrogens is 216 g/mol. The number of aromatic nitrogens is 1. The van der Waals surface area contributed by atoms with Crippen LogP contribution in [0.15, 0.2) is 12.1 Å². The molecule has 3 N–H and O–H groups in total. The fourth-order valence-electron chi connectivity index (χ4n) is 1.83. The highest BCUT2D eigenvalue weighted by Gasteiger charge is 2.04. The molecule has 0 amide bonds. The fourth-order valence-corrected chi connectivity index (χ4v) is 1.83. The van der Waals surface area contributed by atoms with Crippen LogP contribution in [0.2, 0.25) is 0 Å². The highest BCUT2D eigenvalue weighted by atomic mass is 16.5. The zero-order chi connectivity index (χ0) is 11.9. The van der Waals surface area contributed by atoms with E-state index in [-0.39, 0.29) is 0 Å². The molecule has 1 aliphatic heterocycles. The number of rotatable bonds is 1. The molecule has 0 saturated carbocycles. The minimum Gasteiger partial charge on any atom is -0.497 e. The van der Waals surface area contributed by atoms with Crippen LogP contribution in [0, 0.1) is 0 Å². The lowest BCUT2D eigenvalue weighted by molar-refractivity contribution is 0.411. The number of nitrogens with one attached hydrogen (secondary N) is 3. The molecule has 0 saturated heterocycles. The molecule has 0 spiro atoms. The third-order valence-corrected chi connectivity index (χ3v) is 2.71. The van der Waals surface area contributed by atoms with Crippen molar-refractivity contribution in [1.82, 2.24) is 20.9 Å². The minimum absolute atomic E-state index is 0.784. The van der Waals surface area contributed by atoms with Crippen molar-refractivity contribution >= 4 is 0 Å². The molecule has 0 unspecified atom stereocenters. The van der Waals surface area contributed by atoms with E-state index >= 15 is 0 Å². The van der Waals surface area contributed by atoms with Gasteiger partial charge >= 0.3 is 0 Å². The third-order valence-electron chi connectivity index (χ3n) is 2.71. The van der Waals surface area contributed by atoms with Crippen LogP contribution >= 0.6 is 0 Å². The van der Waals surface area contributed by atoms with Gasteiger partial charge in [-0.15, -0.1) is 0 Å². The van der Waals surface area contributed by atoms with E-state index < -0.39 is 0 Å². The lowest BCUT2D eigenvalue weighted by Gasteiger charge is -2.12. The SMILES string of the molecule is COc1cc2nc(c1)CNCCNCCNC2. The van der Waals surface area contributed by atoms with Gasteiger partial charge in [0.15, 0.2) is 0 Å². The summed E-state index contributed by atoms with van der Waals surface area (Å²) in [6, 6.07) is 3.96. The Morgan fingerprint density at radius 2 is 1.47 bits per heavy atom. The highest BCUT2D eigenvalue weighted by Crippen LogP contribution is 2.13. The number of nitrogens with zero attached hydrogens (tertiary/aromatic N) is 1. The van der Waals surface area contributed by atoms with Gasteiger partial charge in [0.1, 0.15) is 5.75 Å². The molecular formula is C12H20N4O. The van der Waals surface area contributed by atoms with Crippen LogP contribution in [0.5, 0.6) is 5.75 Å². The second-order valence-electron chi connectivity index (χ2n) is 4.09. The van der Waals surface area contributed by atoms with Crippen LogP contribution in [0.25, 0.3) is 0 Å². The molecule has 2 heterocycles. The highest BCUT2D eigenvalue weighted by molar-refractivity contribution is 5.27. The van der Waals surface area contributed by atoms with Crippen molar-refractivity contribution in [1.29, 1.82) is 0 Å². The summed E-state index contributed by atoms with van der Waals surface area (Å²) in [6.45, 7) is 5.44. The molecule has 0 fully saturated rings. The zero-order valence-corrected chi connectivity index (χ0v) is 10.3. The number of fused-ring (bicyclic) bond motifs is 2. The molecule has 1 aromatic heterocycles. The Morgan fingerprint density at radius 1 is 0.941 bits per heavy atom. The normalized spacial score (nSPS) is 17.9. The Kier molecular flexibility index (Phi) is 4.73. The lowest BCUT2D eigenvalue weighted by atomic mass is 10.2. The molecule has 0 aromatic carbocycles. The Balaban J connectivity index is 2.11. The summed E-state index contributed by atoms with van der Waals surface area (Å²) in [5.41, 5.74) is 2.06. The molecule has 0 radical (unpaired) electrons. The van der Waals surface area contributed by atoms with Crippen LogP contribution in [0.3, 0.4) is 0 Å². The van der Waals surface area contributed by atoms with E-state index in [4.69, 9.17) is 4.74 Å². The summed E-state index contributed by atoms with van der Waals surface area (Å²) in [6.07, 6.45) is 0. The average Bonchev–Trinajstić information content (AvgIpc) is 2.35. The van der Waals surface area contributed by atoms with Gasteiger partial charge in [-0.1, -0.05) is 0 Å². The van der Waals surface area contributed by atoms with Gasteiger partial charge in [0, 0.05) is 51.4 Å².